The van der Waals surface area contributed by atoms with E-state index in [2.05, 4.69) is 19.9 Å². The molecular formula is C22H17N5O3S. The van der Waals surface area contributed by atoms with Crippen molar-refractivity contribution in [3.8, 4) is 11.6 Å². The predicted molar refractivity (Wildman–Crippen MR) is 117 cm³/mol. The second-order valence-corrected chi connectivity index (χ2v) is 8.58. The normalized spacial score (nSPS) is 11.6. The number of fused-ring (bicyclic) bond motifs is 3. The highest BCUT2D eigenvalue weighted by atomic mass is 32.2. The van der Waals surface area contributed by atoms with Crippen LogP contribution in [0.4, 0.5) is 5.69 Å². The number of para-hydroxylation sites is 2. The zero-order valence-corrected chi connectivity index (χ0v) is 17.2. The summed E-state index contributed by atoms with van der Waals surface area (Å²) in [4.78, 5) is 4.79. The Labute approximate surface area is 178 Å². The van der Waals surface area contributed by atoms with Gasteiger partial charge in [0.05, 0.1) is 15.9 Å². The van der Waals surface area contributed by atoms with Gasteiger partial charge in [-0.2, -0.15) is 0 Å². The first-order valence-electron chi connectivity index (χ1n) is 9.46. The molecule has 0 fully saturated rings. The number of sulfonamides is 1. The van der Waals surface area contributed by atoms with Gasteiger partial charge in [-0.25, -0.2) is 13.4 Å². The minimum atomic E-state index is -3.69. The molecule has 0 bridgehead atoms. The van der Waals surface area contributed by atoms with Crippen molar-refractivity contribution >= 4 is 32.4 Å². The van der Waals surface area contributed by atoms with Crippen molar-refractivity contribution in [1.29, 1.82) is 0 Å². The van der Waals surface area contributed by atoms with Crippen molar-refractivity contribution in [3.63, 3.8) is 0 Å². The Morgan fingerprint density at radius 2 is 1.68 bits per heavy atom. The Kier molecular flexibility index (Phi) is 4.52. The molecule has 5 aromatic rings. The first-order chi connectivity index (χ1) is 15.0. The second kappa shape index (κ2) is 7.37. The monoisotopic (exact) mass is 431 g/mol. The third-order valence-electron chi connectivity index (χ3n) is 4.81. The molecule has 31 heavy (non-hydrogen) atoms. The van der Waals surface area contributed by atoms with Gasteiger partial charge in [0, 0.05) is 5.69 Å². The molecule has 0 saturated heterocycles. The molecule has 0 spiro atoms. The average Bonchev–Trinajstić information content (AvgIpc) is 3.26. The number of anilines is 1. The lowest BCUT2D eigenvalue weighted by Crippen LogP contribution is -2.14. The van der Waals surface area contributed by atoms with Gasteiger partial charge in [0.25, 0.3) is 15.9 Å². The molecule has 2 aromatic heterocycles. The van der Waals surface area contributed by atoms with Crippen molar-refractivity contribution in [2.24, 2.45) is 0 Å². The zero-order valence-electron chi connectivity index (χ0n) is 16.4. The third-order valence-corrected chi connectivity index (χ3v) is 6.35. The van der Waals surface area contributed by atoms with Crippen LogP contribution in [0.25, 0.3) is 16.7 Å². The topological polar surface area (TPSA) is 98.5 Å². The molecule has 0 aliphatic rings. The van der Waals surface area contributed by atoms with Crippen LogP contribution in [0, 0.1) is 6.92 Å². The summed E-state index contributed by atoms with van der Waals surface area (Å²) in [6, 6.07) is 21.0. The molecule has 0 atom stereocenters. The lowest BCUT2D eigenvalue weighted by atomic mass is 10.2. The molecule has 154 valence electrons. The maximum atomic E-state index is 12.7. The fraction of sp³-hybridized carbons (Fsp3) is 0.0455. The standard InChI is InChI=1S/C22H17N5O3S/c1-15-6-2-5-9-20(15)31(28,29)26-16-10-12-17(13-11-16)30-22-21-25-23-14-27(21)19-8-4-3-7-18(19)24-22/h2-14,26H,1H3. The van der Waals surface area contributed by atoms with E-state index in [-0.39, 0.29) is 4.90 Å². The molecule has 1 N–H and O–H groups in total. The smallest absolute Gasteiger partial charge is 0.266 e. The fourth-order valence-corrected chi connectivity index (χ4v) is 4.62. The van der Waals surface area contributed by atoms with Crippen molar-refractivity contribution < 1.29 is 13.2 Å². The van der Waals surface area contributed by atoms with Crippen LogP contribution in [0.15, 0.2) is 84.0 Å². The van der Waals surface area contributed by atoms with Crippen LogP contribution in [-0.2, 0) is 10.0 Å². The van der Waals surface area contributed by atoms with Crippen molar-refractivity contribution in [2.75, 3.05) is 4.72 Å². The number of aryl methyl sites for hydroxylation is 1. The minimum Gasteiger partial charge on any atom is -0.436 e. The second-order valence-electron chi connectivity index (χ2n) is 6.93. The highest BCUT2D eigenvalue weighted by Gasteiger charge is 2.17. The third kappa shape index (κ3) is 3.55. The molecule has 2 heterocycles. The molecule has 0 unspecified atom stereocenters. The van der Waals surface area contributed by atoms with Crippen LogP contribution in [0.5, 0.6) is 11.6 Å². The first kappa shape index (κ1) is 19.0. The van der Waals surface area contributed by atoms with Crippen LogP contribution in [0.1, 0.15) is 5.56 Å². The van der Waals surface area contributed by atoms with Crippen LogP contribution >= 0.6 is 0 Å². The van der Waals surface area contributed by atoms with Crippen LogP contribution < -0.4 is 9.46 Å². The van der Waals surface area contributed by atoms with E-state index in [4.69, 9.17) is 4.74 Å². The summed E-state index contributed by atoms with van der Waals surface area (Å²) < 4.78 is 35.7. The maximum Gasteiger partial charge on any atom is 0.266 e. The number of rotatable bonds is 5. The predicted octanol–water partition coefficient (Wildman–Crippen LogP) is 4.18. The first-order valence-corrected chi connectivity index (χ1v) is 10.9. The van der Waals surface area contributed by atoms with Gasteiger partial charge >= 0.3 is 0 Å². The van der Waals surface area contributed by atoms with Crippen molar-refractivity contribution in [2.45, 2.75) is 11.8 Å². The van der Waals surface area contributed by atoms with Crippen LogP contribution in [-0.4, -0.2) is 28.0 Å². The highest BCUT2D eigenvalue weighted by Crippen LogP contribution is 2.28. The number of hydrogen-bond donors (Lipinski definition) is 1. The largest absolute Gasteiger partial charge is 0.436 e. The lowest BCUT2D eigenvalue weighted by Gasteiger charge is -2.11. The molecule has 9 heteroatoms. The van der Waals surface area contributed by atoms with E-state index in [0.717, 1.165) is 11.0 Å². The minimum absolute atomic E-state index is 0.241. The van der Waals surface area contributed by atoms with Crippen molar-refractivity contribution in [1.82, 2.24) is 19.6 Å². The quantitative estimate of drug-likeness (QED) is 0.448. The number of benzene rings is 3. The summed E-state index contributed by atoms with van der Waals surface area (Å²) >= 11 is 0. The molecule has 8 nitrogen and oxygen atoms in total. The Balaban J connectivity index is 1.42. The van der Waals surface area contributed by atoms with E-state index in [0.29, 0.717) is 28.5 Å². The lowest BCUT2D eigenvalue weighted by molar-refractivity contribution is 0.467. The van der Waals surface area contributed by atoms with Crippen LogP contribution in [0.3, 0.4) is 0 Å². The molecule has 0 radical (unpaired) electrons. The SMILES string of the molecule is Cc1ccccc1S(=O)(=O)Nc1ccc(Oc2nc3ccccc3n3cnnc23)cc1. The van der Waals surface area contributed by atoms with Gasteiger partial charge in [-0.1, -0.05) is 30.3 Å². The maximum absolute atomic E-state index is 12.7. The molecule has 3 aromatic carbocycles. The summed E-state index contributed by atoms with van der Waals surface area (Å²) in [5, 5.41) is 8.07. The summed E-state index contributed by atoms with van der Waals surface area (Å²) in [6.45, 7) is 1.76. The van der Waals surface area contributed by atoms with E-state index in [1.54, 1.807) is 61.8 Å². The number of ether oxygens (including phenoxy) is 1. The molecule has 5 rings (SSSR count). The number of hydrogen-bond acceptors (Lipinski definition) is 6. The summed E-state index contributed by atoms with van der Waals surface area (Å²) in [5.41, 5.74) is 3.20. The van der Waals surface area contributed by atoms with Crippen molar-refractivity contribution in [3.05, 3.63) is 84.7 Å². The van der Waals surface area contributed by atoms with Gasteiger partial charge in [0.2, 0.25) is 5.65 Å². The number of nitrogens with zero attached hydrogens (tertiary/aromatic N) is 4. The van der Waals surface area contributed by atoms with Gasteiger partial charge in [0.1, 0.15) is 12.1 Å². The molecule has 0 amide bonds. The highest BCUT2D eigenvalue weighted by molar-refractivity contribution is 7.92. The van der Waals surface area contributed by atoms with Gasteiger partial charge in [-0.05, 0) is 55.0 Å². The molecule has 0 aliphatic heterocycles. The van der Waals surface area contributed by atoms with Gasteiger partial charge in [0.15, 0.2) is 0 Å². The van der Waals surface area contributed by atoms with E-state index >= 15 is 0 Å². The van der Waals surface area contributed by atoms with E-state index in [1.807, 2.05) is 28.7 Å². The summed E-state index contributed by atoms with van der Waals surface area (Å²) in [6.07, 6.45) is 1.61. The number of aromatic nitrogens is 4. The summed E-state index contributed by atoms with van der Waals surface area (Å²) in [5.74, 6) is 0.802. The average molecular weight is 431 g/mol. The molecule has 0 saturated carbocycles. The van der Waals surface area contributed by atoms with Crippen LogP contribution in [0.2, 0.25) is 0 Å². The Hall–Kier alpha value is -3.98. The Morgan fingerprint density at radius 3 is 2.48 bits per heavy atom. The Bertz CT molecular complexity index is 1510. The summed E-state index contributed by atoms with van der Waals surface area (Å²) in [7, 11) is -3.69. The Morgan fingerprint density at radius 1 is 0.935 bits per heavy atom. The van der Waals surface area contributed by atoms with E-state index in [9.17, 15) is 8.42 Å². The van der Waals surface area contributed by atoms with Gasteiger partial charge in [-0.15, -0.1) is 10.2 Å². The molecule has 0 aliphatic carbocycles. The van der Waals surface area contributed by atoms with E-state index in [1.165, 1.54) is 0 Å². The molecular weight excluding hydrogens is 414 g/mol. The van der Waals surface area contributed by atoms with Gasteiger partial charge < -0.3 is 4.74 Å². The fourth-order valence-electron chi connectivity index (χ4n) is 3.32. The number of nitrogens with one attached hydrogen (secondary N) is 1. The van der Waals surface area contributed by atoms with E-state index < -0.39 is 10.0 Å². The van der Waals surface area contributed by atoms with Gasteiger partial charge in [-0.3, -0.25) is 9.12 Å². The zero-order chi connectivity index (χ0) is 21.4.